The lowest BCUT2D eigenvalue weighted by atomic mass is 10.4. The number of hydrogen-bond donors (Lipinski definition) is 2. The SMILES string of the molecule is CCNCc1cc(S(=O)(=O)NCCN2CCCC2)c(C)s1. The lowest BCUT2D eigenvalue weighted by molar-refractivity contribution is 0.344. The zero-order chi connectivity index (χ0) is 15.3. The Morgan fingerprint density at radius 2 is 2.05 bits per heavy atom. The van der Waals surface area contributed by atoms with Crippen LogP contribution < -0.4 is 10.0 Å². The molecule has 0 amide bonds. The smallest absolute Gasteiger partial charge is 0.241 e. The summed E-state index contributed by atoms with van der Waals surface area (Å²) in [5.41, 5.74) is 0. The Hall–Kier alpha value is -0.470. The first-order valence-electron chi connectivity index (χ1n) is 7.55. The molecule has 1 aromatic heterocycles. The van der Waals surface area contributed by atoms with Crippen molar-refractivity contribution < 1.29 is 8.42 Å². The van der Waals surface area contributed by atoms with Crippen molar-refractivity contribution in [2.75, 3.05) is 32.7 Å². The van der Waals surface area contributed by atoms with Gasteiger partial charge in [-0.2, -0.15) is 0 Å². The average Bonchev–Trinajstić information content (AvgIpc) is 3.06. The Bertz CT molecular complexity index is 549. The normalized spacial score (nSPS) is 16.7. The third-order valence-electron chi connectivity index (χ3n) is 3.68. The molecule has 120 valence electrons. The Morgan fingerprint density at radius 3 is 2.71 bits per heavy atom. The topological polar surface area (TPSA) is 61.4 Å². The van der Waals surface area contributed by atoms with Crippen LogP contribution in [-0.4, -0.2) is 46.0 Å². The Balaban J connectivity index is 1.93. The molecule has 2 N–H and O–H groups in total. The maximum atomic E-state index is 12.4. The van der Waals surface area contributed by atoms with Gasteiger partial charge >= 0.3 is 0 Å². The van der Waals surface area contributed by atoms with Gasteiger partial charge in [-0.25, -0.2) is 13.1 Å². The minimum absolute atomic E-state index is 0.432. The number of sulfonamides is 1. The lowest BCUT2D eigenvalue weighted by Crippen LogP contribution is -2.33. The Morgan fingerprint density at radius 1 is 1.33 bits per heavy atom. The highest BCUT2D eigenvalue weighted by molar-refractivity contribution is 7.89. The van der Waals surface area contributed by atoms with Crippen LogP contribution in [0.1, 0.15) is 29.5 Å². The summed E-state index contributed by atoms with van der Waals surface area (Å²) in [6, 6.07) is 1.79. The molecule has 5 nitrogen and oxygen atoms in total. The van der Waals surface area contributed by atoms with E-state index < -0.39 is 10.0 Å². The van der Waals surface area contributed by atoms with Gasteiger partial charge in [0.05, 0.1) is 4.90 Å². The van der Waals surface area contributed by atoms with E-state index in [1.165, 1.54) is 12.8 Å². The highest BCUT2D eigenvalue weighted by atomic mass is 32.2. The predicted molar refractivity (Wildman–Crippen MR) is 87.3 cm³/mol. The van der Waals surface area contributed by atoms with Crippen LogP contribution in [0.5, 0.6) is 0 Å². The summed E-state index contributed by atoms with van der Waals surface area (Å²) in [6.45, 7) is 8.98. The third kappa shape index (κ3) is 4.75. The van der Waals surface area contributed by atoms with Gasteiger partial charge in [-0.1, -0.05) is 6.92 Å². The van der Waals surface area contributed by atoms with Crippen molar-refractivity contribution in [1.29, 1.82) is 0 Å². The molecular weight excluding hydrogens is 306 g/mol. The summed E-state index contributed by atoms with van der Waals surface area (Å²) in [4.78, 5) is 4.66. The Labute approximate surface area is 131 Å². The van der Waals surface area contributed by atoms with Gasteiger partial charge in [0.2, 0.25) is 10.0 Å². The van der Waals surface area contributed by atoms with Crippen molar-refractivity contribution in [1.82, 2.24) is 14.9 Å². The summed E-state index contributed by atoms with van der Waals surface area (Å²) < 4.78 is 27.5. The summed E-state index contributed by atoms with van der Waals surface area (Å²) in [5.74, 6) is 0. The number of thiophene rings is 1. The first-order chi connectivity index (χ1) is 10.0. The molecule has 2 rings (SSSR count). The molecule has 0 saturated carbocycles. The van der Waals surface area contributed by atoms with E-state index in [0.29, 0.717) is 11.4 Å². The van der Waals surface area contributed by atoms with Crippen molar-refractivity contribution in [2.45, 2.75) is 38.1 Å². The second-order valence-electron chi connectivity index (χ2n) is 5.36. The van der Waals surface area contributed by atoms with Crippen molar-refractivity contribution >= 4 is 21.4 Å². The average molecular weight is 332 g/mol. The Kier molecular flexibility index (Phi) is 6.19. The number of rotatable bonds is 8. The second-order valence-corrected chi connectivity index (χ2v) is 8.44. The van der Waals surface area contributed by atoms with Gasteiger partial charge in [-0.05, 0) is 45.5 Å². The molecule has 1 fully saturated rings. The molecular formula is C14H25N3O2S2. The fraction of sp³-hybridized carbons (Fsp3) is 0.714. The molecule has 0 unspecified atom stereocenters. The summed E-state index contributed by atoms with van der Waals surface area (Å²) in [6.07, 6.45) is 2.45. The third-order valence-corrected chi connectivity index (χ3v) is 6.45. The van der Waals surface area contributed by atoms with Gasteiger partial charge in [0.25, 0.3) is 0 Å². The fourth-order valence-corrected chi connectivity index (χ4v) is 5.17. The monoisotopic (exact) mass is 331 g/mol. The largest absolute Gasteiger partial charge is 0.312 e. The lowest BCUT2D eigenvalue weighted by Gasteiger charge is -2.14. The van der Waals surface area contributed by atoms with E-state index in [2.05, 4.69) is 14.9 Å². The highest BCUT2D eigenvalue weighted by Crippen LogP contribution is 2.25. The van der Waals surface area contributed by atoms with Crippen LogP contribution in [0.15, 0.2) is 11.0 Å². The second kappa shape index (κ2) is 7.69. The first-order valence-corrected chi connectivity index (χ1v) is 9.85. The highest BCUT2D eigenvalue weighted by Gasteiger charge is 2.20. The quantitative estimate of drug-likeness (QED) is 0.758. The van der Waals surface area contributed by atoms with Crippen LogP contribution in [0.2, 0.25) is 0 Å². The van der Waals surface area contributed by atoms with E-state index in [9.17, 15) is 8.42 Å². The van der Waals surface area contributed by atoms with E-state index in [0.717, 1.165) is 42.5 Å². The van der Waals surface area contributed by atoms with Gasteiger partial charge < -0.3 is 10.2 Å². The molecule has 1 aromatic rings. The number of hydrogen-bond acceptors (Lipinski definition) is 5. The van der Waals surface area contributed by atoms with Crippen molar-refractivity contribution in [3.8, 4) is 0 Å². The molecule has 7 heteroatoms. The minimum Gasteiger partial charge on any atom is -0.312 e. The first kappa shape index (κ1) is 16.9. The van der Waals surface area contributed by atoms with Gasteiger partial charge in [0.15, 0.2) is 0 Å². The van der Waals surface area contributed by atoms with Crippen molar-refractivity contribution in [3.05, 3.63) is 15.8 Å². The van der Waals surface area contributed by atoms with Crippen LogP contribution in [-0.2, 0) is 16.6 Å². The molecule has 1 aliphatic rings. The van der Waals surface area contributed by atoms with Crippen LogP contribution in [0.3, 0.4) is 0 Å². The molecule has 2 heterocycles. The molecule has 0 spiro atoms. The molecule has 0 aromatic carbocycles. The number of nitrogens with zero attached hydrogens (tertiary/aromatic N) is 1. The molecule has 0 atom stereocenters. The van der Waals surface area contributed by atoms with E-state index >= 15 is 0 Å². The van der Waals surface area contributed by atoms with Crippen molar-refractivity contribution in [3.63, 3.8) is 0 Å². The molecule has 0 bridgehead atoms. The molecule has 1 aliphatic heterocycles. The number of nitrogens with one attached hydrogen (secondary N) is 2. The number of aryl methyl sites for hydroxylation is 1. The fourth-order valence-electron chi connectivity index (χ4n) is 2.55. The van der Waals surface area contributed by atoms with E-state index in [1.54, 1.807) is 17.4 Å². The predicted octanol–water partition coefficient (Wildman–Crippen LogP) is 1.54. The number of likely N-dealkylation sites (tertiary alicyclic amines) is 1. The molecule has 0 radical (unpaired) electrons. The van der Waals surface area contributed by atoms with E-state index in [1.807, 2.05) is 13.8 Å². The maximum Gasteiger partial charge on any atom is 0.241 e. The van der Waals surface area contributed by atoms with Crippen molar-refractivity contribution in [2.24, 2.45) is 0 Å². The van der Waals surface area contributed by atoms with Gasteiger partial charge in [0, 0.05) is 29.4 Å². The summed E-state index contributed by atoms with van der Waals surface area (Å²) in [5, 5.41) is 3.23. The zero-order valence-corrected chi connectivity index (χ0v) is 14.4. The molecule has 21 heavy (non-hydrogen) atoms. The van der Waals surface area contributed by atoms with Crippen LogP contribution in [0.25, 0.3) is 0 Å². The maximum absolute atomic E-state index is 12.4. The van der Waals surface area contributed by atoms with Gasteiger partial charge in [0.1, 0.15) is 0 Å². The summed E-state index contributed by atoms with van der Waals surface area (Å²) in [7, 11) is -3.38. The molecule has 1 saturated heterocycles. The van der Waals surface area contributed by atoms with Crippen LogP contribution in [0, 0.1) is 6.92 Å². The van der Waals surface area contributed by atoms with Crippen LogP contribution >= 0.6 is 11.3 Å². The minimum atomic E-state index is -3.38. The zero-order valence-electron chi connectivity index (χ0n) is 12.8. The van der Waals surface area contributed by atoms with E-state index in [4.69, 9.17) is 0 Å². The standard InChI is InChI=1S/C14H25N3O2S2/c1-3-15-11-13-10-14(12(2)20-13)21(18,19)16-6-9-17-7-4-5-8-17/h10,15-16H,3-9,11H2,1-2H3. The van der Waals surface area contributed by atoms with Gasteiger partial charge in [-0.3, -0.25) is 0 Å². The summed E-state index contributed by atoms with van der Waals surface area (Å²) >= 11 is 1.55. The van der Waals surface area contributed by atoms with Gasteiger partial charge in [-0.15, -0.1) is 11.3 Å². The van der Waals surface area contributed by atoms with Crippen LogP contribution in [0.4, 0.5) is 0 Å². The van der Waals surface area contributed by atoms with E-state index in [-0.39, 0.29) is 0 Å². The molecule has 0 aliphatic carbocycles.